The Balaban J connectivity index is 1.45. The van der Waals surface area contributed by atoms with Gasteiger partial charge in [-0.1, -0.05) is 18.2 Å². The van der Waals surface area contributed by atoms with Gasteiger partial charge in [0, 0.05) is 37.8 Å². The van der Waals surface area contributed by atoms with E-state index in [0.717, 1.165) is 57.0 Å². The predicted octanol–water partition coefficient (Wildman–Crippen LogP) is 2.70. The molecule has 1 unspecified atom stereocenters. The smallest absolute Gasteiger partial charge is 0.269 e. The van der Waals surface area contributed by atoms with Crippen LogP contribution in [0.5, 0.6) is 5.75 Å². The normalized spacial score (nSPS) is 20.5. The summed E-state index contributed by atoms with van der Waals surface area (Å²) in [4.78, 5) is 17.4. The van der Waals surface area contributed by atoms with E-state index in [2.05, 4.69) is 27.0 Å². The fourth-order valence-electron chi connectivity index (χ4n) is 4.30. The number of morpholine rings is 1. The monoisotopic (exact) mass is 412 g/mol. The van der Waals surface area contributed by atoms with Crippen LogP contribution in [0.25, 0.3) is 0 Å². The Hall–Kier alpha value is -2.38. The maximum absolute atomic E-state index is 12.8. The lowest BCUT2D eigenvalue weighted by atomic mass is 10.0. The number of hydrogen-bond donors (Lipinski definition) is 0. The van der Waals surface area contributed by atoms with E-state index in [0.29, 0.717) is 13.2 Å². The molecule has 1 aromatic carbocycles. The molecule has 0 saturated carbocycles. The minimum Gasteiger partial charge on any atom is -0.491 e. The van der Waals surface area contributed by atoms with Crippen molar-refractivity contribution < 1.29 is 9.47 Å². The van der Waals surface area contributed by atoms with Gasteiger partial charge in [0.2, 0.25) is 0 Å². The largest absolute Gasteiger partial charge is 0.491 e. The van der Waals surface area contributed by atoms with Gasteiger partial charge >= 0.3 is 0 Å². The average Bonchev–Trinajstić information content (AvgIpc) is 2.75. The summed E-state index contributed by atoms with van der Waals surface area (Å²) in [7, 11) is 0. The van der Waals surface area contributed by atoms with Crippen LogP contribution in [0.4, 0.5) is 5.69 Å². The molecule has 2 aliphatic heterocycles. The maximum Gasteiger partial charge on any atom is 0.269 e. The lowest BCUT2D eigenvalue weighted by molar-refractivity contribution is 0.122. The lowest BCUT2D eigenvalue weighted by Crippen LogP contribution is -2.41. The fourth-order valence-corrected chi connectivity index (χ4v) is 4.30. The van der Waals surface area contributed by atoms with Crippen molar-refractivity contribution in [3.63, 3.8) is 0 Å². The second kappa shape index (κ2) is 9.62. The number of hydrogen-bond acceptors (Lipinski definition) is 6. The summed E-state index contributed by atoms with van der Waals surface area (Å²) in [5, 5.41) is 4.55. The topological polar surface area (TPSA) is 59.8 Å². The Morgan fingerprint density at radius 2 is 2.00 bits per heavy atom. The molecule has 0 radical (unpaired) electrons. The molecule has 162 valence electrons. The molecule has 1 atom stereocenters. The van der Waals surface area contributed by atoms with Gasteiger partial charge < -0.3 is 14.4 Å². The maximum atomic E-state index is 12.8. The molecule has 0 spiro atoms. The summed E-state index contributed by atoms with van der Waals surface area (Å²) in [6, 6.07) is 10.1. The number of anilines is 1. The van der Waals surface area contributed by atoms with Crippen molar-refractivity contribution in [1.82, 2.24) is 14.7 Å². The van der Waals surface area contributed by atoms with Crippen molar-refractivity contribution in [3.05, 3.63) is 52.4 Å². The van der Waals surface area contributed by atoms with E-state index in [9.17, 15) is 4.79 Å². The third kappa shape index (κ3) is 5.02. The molecular formula is C23H32N4O3. The molecule has 0 bridgehead atoms. The molecule has 2 saturated heterocycles. The van der Waals surface area contributed by atoms with Crippen LogP contribution in [-0.4, -0.2) is 60.2 Å². The number of benzene rings is 1. The third-order valence-electron chi connectivity index (χ3n) is 5.74. The molecule has 7 heteroatoms. The summed E-state index contributed by atoms with van der Waals surface area (Å²) in [6.07, 6.45) is 4.01. The summed E-state index contributed by atoms with van der Waals surface area (Å²) < 4.78 is 13.1. The summed E-state index contributed by atoms with van der Waals surface area (Å²) in [5.41, 5.74) is 2.07. The second-order valence-electron chi connectivity index (χ2n) is 8.40. The van der Waals surface area contributed by atoms with E-state index in [1.54, 1.807) is 10.7 Å². The van der Waals surface area contributed by atoms with Gasteiger partial charge in [0.1, 0.15) is 5.75 Å². The van der Waals surface area contributed by atoms with Crippen molar-refractivity contribution >= 4 is 5.69 Å². The van der Waals surface area contributed by atoms with Crippen LogP contribution in [0.3, 0.4) is 0 Å². The summed E-state index contributed by atoms with van der Waals surface area (Å²) in [6.45, 7) is 9.76. The zero-order chi connectivity index (χ0) is 20.9. The van der Waals surface area contributed by atoms with Crippen LogP contribution >= 0.6 is 0 Å². The van der Waals surface area contributed by atoms with Crippen molar-refractivity contribution in [2.45, 2.75) is 45.4 Å². The molecule has 4 rings (SSSR count). The number of aromatic nitrogens is 2. The van der Waals surface area contributed by atoms with Crippen molar-refractivity contribution in [3.8, 4) is 5.75 Å². The Kier molecular flexibility index (Phi) is 6.69. The van der Waals surface area contributed by atoms with Crippen LogP contribution in [0.2, 0.25) is 0 Å². The third-order valence-corrected chi connectivity index (χ3v) is 5.74. The number of likely N-dealkylation sites (tertiary alicyclic amines) is 1. The Morgan fingerprint density at radius 1 is 1.20 bits per heavy atom. The van der Waals surface area contributed by atoms with E-state index < -0.39 is 0 Å². The van der Waals surface area contributed by atoms with Gasteiger partial charge in [-0.2, -0.15) is 5.10 Å². The van der Waals surface area contributed by atoms with Crippen LogP contribution in [0.15, 0.2) is 41.3 Å². The molecule has 2 aliphatic rings. The van der Waals surface area contributed by atoms with E-state index in [1.165, 1.54) is 5.56 Å². The first-order valence-corrected chi connectivity index (χ1v) is 11.0. The summed E-state index contributed by atoms with van der Waals surface area (Å²) in [5.74, 6) is 0.944. The van der Waals surface area contributed by atoms with Gasteiger partial charge in [-0.05, 0) is 39.3 Å². The van der Waals surface area contributed by atoms with Crippen LogP contribution in [0.1, 0.15) is 38.3 Å². The van der Waals surface area contributed by atoms with Gasteiger partial charge in [-0.15, -0.1) is 0 Å². The lowest BCUT2D eigenvalue weighted by Gasteiger charge is -2.34. The first-order chi connectivity index (χ1) is 14.6. The molecule has 7 nitrogen and oxygen atoms in total. The van der Waals surface area contributed by atoms with Crippen LogP contribution in [0, 0.1) is 0 Å². The molecule has 0 aliphatic carbocycles. The van der Waals surface area contributed by atoms with Crippen molar-refractivity contribution in [2.24, 2.45) is 0 Å². The highest BCUT2D eigenvalue weighted by molar-refractivity contribution is 5.43. The zero-order valence-electron chi connectivity index (χ0n) is 18.0. The zero-order valence-corrected chi connectivity index (χ0v) is 18.0. The quantitative estimate of drug-likeness (QED) is 0.727. The van der Waals surface area contributed by atoms with Crippen LogP contribution < -0.4 is 15.2 Å². The standard InChI is InChI=1S/C23H32N4O3/c1-18(2)30-22-8-4-3-6-19(22)16-25-9-5-7-20(17-25)27-23(28)14-21(15-24-27)26-10-12-29-13-11-26/h3-4,6,8,14-15,18,20H,5,7,9-13,16-17H2,1-2H3. The fraction of sp³-hybridized carbons (Fsp3) is 0.565. The molecule has 1 aromatic heterocycles. The number of ether oxygens (including phenoxy) is 2. The van der Waals surface area contributed by atoms with E-state index in [4.69, 9.17) is 9.47 Å². The number of piperidine rings is 1. The predicted molar refractivity (Wildman–Crippen MR) is 117 cm³/mol. The summed E-state index contributed by atoms with van der Waals surface area (Å²) >= 11 is 0. The van der Waals surface area contributed by atoms with Gasteiger partial charge in [0.05, 0.1) is 37.2 Å². The Morgan fingerprint density at radius 3 is 2.77 bits per heavy atom. The van der Waals surface area contributed by atoms with Crippen molar-refractivity contribution in [1.29, 1.82) is 0 Å². The van der Waals surface area contributed by atoms with Gasteiger partial charge in [0.25, 0.3) is 5.56 Å². The Labute approximate surface area is 178 Å². The molecule has 3 heterocycles. The SMILES string of the molecule is CC(C)Oc1ccccc1CN1CCCC(n2ncc(N3CCOCC3)cc2=O)C1. The molecule has 0 amide bonds. The van der Waals surface area contributed by atoms with Gasteiger partial charge in [0.15, 0.2) is 0 Å². The second-order valence-corrected chi connectivity index (χ2v) is 8.40. The van der Waals surface area contributed by atoms with E-state index in [1.807, 2.05) is 32.2 Å². The molecule has 30 heavy (non-hydrogen) atoms. The first kappa shape index (κ1) is 20.9. The molecule has 2 fully saturated rings. The highest BCUT2D eigenvalue weighted by Crippen LogP contribution is 2.26. The van der Waals surface area contributed by atoms with Crippen LogP contribution in [-0.2, 0) is 11.3 Å². The number of nitrogens with zero attached hydrogens (tertiary/aromatic N) is 4. The minimum atomic E-state index is -0.0191. The highest BCUT2D eigenvalue weighted by Gasteiger charge is 2.24. The van der Waals surface area contributed by atoms with Crippen molar-refractivity contribution in [2.75, 3.05) is 44.3 Å². The highest BCUT2D eigenvalue weighted by atomic mass is 16.5. The van der Waals surface area contributed by atoms with Gasteiger partial charge in [-0.25, -0.2) is 4.68 Å². The minimum absolute atomic E-state index is 0.0191. The van der Waals surface area contributed by atoms with E-state index >= 15 is 0 Å². The number of para-hydroxylation sites is 1. The molecule has 0 N–H and O–H groups in total. The van der Waals surface area contributed by atoms with E-state index in [-0.39, 0.29) is 17.7 Å². The van der Waals surface area contributed by atoms with Gasteiger partial charge in [-0.3, -0.25) is 9.69 Å². The Bertz CT molecular complexity index is 892. The number of rotatable bonds is 6. The molecule has 2 aromatic rings. The average molecular weight is 413 g/mol. The molecular weight excluding hydrogens is 380 g/mol. The first-order valence-electron chi connectivity index (χ1n) is 11.0.